The quantitative estimate of drug-likeness (QED) is 0.454. The lowest BCUT2D eigenvalue weighted by Crippen LogP contribution is -2.24. The second-order valence-corrected chi connectivity index (χ2v) is 5.16. The summed E-state index contributed by atoms with van der Waals surface area (Å²) < 4.78 is 10.4. The van der Waals surface area contributed by atoms with E-state index in [2.05, 4.69) is 0 Å². The van der Waals surface area contributed by atoms with E-state index in [0.29, 0.717) is 16.3 Å². The molecule has 0 saturated heterocycles. The Bertz CT molecular complexity index is 730. The minimum Gasteiger partial charge on any atom is -0.496 e. The number of nitro groups is 1. The maximum atomic E-state index is 12.3. The molecule has 2 aromatic rings. The Hall–Kier alpha value is -2.60. The average molecular weight is 336 g/mol. The van der Waals surface area contributed by atoms with Gasteiger partial charge in [-0.1, -0.05) is 11.6 Å². The molecule has 0 aliphatic heterocycles. The Morgan fingerprint density at radius 3 is 2.43 bits per heavy atom. The van der Waals surface area contributed by atoms with Crippen LogP contribution in [0, 0.1) is 10.1 Å². The second kappa shape index (κ2) is 7.11. The van der Waals surface area contributed by atoms with Crippen LogP contribution in [-0.2, 0) is 0 Å². The molecule has 0 fully saturated rings. The van der Waals surface area contributed by atoms with Gasteiger partial charge in [0, 0.05) is 10.6 Å². The predicted octanol–water partition coefficient (Wildman–Crippen LogP) is 3.91. The SMILES string of the molecule is COc1ccc(O[C@H](C)C(=O)c2ccc(Cl)cc2)c([N+](=O)[O-])c1. The van der Waals surface area contributed by atoms with Crippen LogP contribution in [0.15, 0.2) is 42.5 Å². The number of Topliss-reactive ketones (excluding diaryl/α,β-unsaturated/α-hetero) is 1. The van der Waals surface area contributed by atoms with Gasteiger partial charge in [0.05, 0.1) is 18.1 Å². The standard InChI is InChI=1S/C16H14ClNO5/c1-10(16(19)11-3-5-12(17)6-4-11)23-15-8-7-13(22-2)9-14(15)18(20)21/h3-10H,1-2H3/t10-/m1/s1. The number of benzene rings is 2. The molecule has 0 unspecified atom stereocenters. The van der Waals surface area contributed by atoms with Crippen molar-refractivity contribution in [1.29, 1.82) is 0 Å². The van der Waals surface area contributed by atoms with Gasteiger partial charge in [0.25, 0.3) is 0 Å². The predicted molar refractivity (Wildman–Crippen MR) is 85.5 cm³/mol. The van der Waals surface area contributed by atoms with E-state index in [-0.39, 0.29) is 17.2 Å². The second-order valence-electron chi connectivity index (χ2n) is 4.72. The topological polar surface area (TPSA) is 78.7 Å². The van der Waals surface area contributed by atoms with Gasteiger partial charge >= 0.3 is 5.69 Å². The molecule has 0 aromatic heterocycles. The van der Waals surface area contributed by atoms with E-state index in [9.17, 15) is 14.9 Å². The van der Waals surface area contributed by atoms with Gasteiger partial charge in [-0.15, -0.1) is 0 Å². The molecule has 1 atom stereocenters. The third kappa shape index (κ3) is 3.98. The number of nitrogens with zero attached hydrogens (tertiary/aromatic N) is 1. The monoisotopic (exact) mass is 335 g/mol. The molecular formula is C16H14ClNO5. The lowest BCUT2D eigenvalue weighted by Gasteiger charge is -2.14. The number of carbonyl (C=O) groups is 1. The first-order chi connectivity index (χ1) is 10.9. The molecule has 2 rings (SSSR count). The molecule has 120 valence electrons. The molecular weight excluding hydrogens is 322 g/mol. The molecule has 0 saturated carbocycles. The molecule has 0 aliphatic carbocycles. The Kier molecular flexibility index (Phi) is 5.18. The highest BCUT2D eigenvalue weighted by Gasteiger charge is 2.22. The van der Waals surface area contributed by atoms with Gasteiger partial charge in [-0.05, 0) is 43.3 Å². The van der Waals surface area contributed by atoms with Gasteiger partial charge in [-0.25, -0.2) is 0 Å². The molecule has 0 amide bonds. The van der Waals surface area contributed by atoms with Gasteiger partial charge in [-0.2, -0.15) is 0 Å². The lowest BCUT2D eigenvalue weighted by molar-refractivity contribution is -0.386. The molecule has 23 heavy (non-hydrogen) atoms. The van der Waals surface area contributed by atoms with E-state index < -0.39 is 11.0 Å². The number of carbonyl (C=O) groups excluding carboxylic acids is 1. The van der Waals surface area contributed by atoms with E-state index in [1.165, 1.54) is 32.2 Å². The number of ether oxygens (including phenoxy) is 2. The van der Waals surface area contributed by atoms with Crippen molar-refractivity contribution in [3.05, 3.63) is 63.2 Å². The zero-order valence-corrected chi connectivity index (χ0v) is 13.2. The fraction of sp³-hybridized carbons (Fsp3) is 0.188. The van der Waals surface area contributed by atoms with Crippen molar-refractivity contribution in [2.45, 2.75) is 13.0 Å². The van der Waals surface area contributed by atoms with Crippen LogP contribution in [0.25, 0.3) is 0 Å². The van der Waals surface area contributed by atoms with Gasteiger partial charge in [0.2, 0.25) is 5.78 Å². The summed E-state index contributed by atoms with van der Waals surface area (Å²) in [6.07, 6.45) is -0.886. The largest absolute Gasteiger partial charge is 0.496 e. The van der Waals surface area contributed by atoms with Crippen LogP contribution in [-0.4, -0.2) is 23.9 Å². The van der Waals surface area contributed by atoms with Crippen molar-refractivity contribution >= 4 is 23.1 Å². The first-order valence-corrected chi connectivity index (χ1v) is 7.09. The summed E-state index contributed by atoms with van der Waals surface area (Å²) in [4.78, 5) is 22.8. The average Bonchev–Trinajstić information content (AvgIpc) is 2.55. The zero-order valence-electron chi connectivity index (χ0n) is 12.5. The number of hydrogen-bond donors (Lipinski definition) is 0. The lowest BCUT2D eigenvalue weighted by atomic mass is 10.1. The number of rotatable bonds is 6. The minimum absolute atomic E-state index is 0.00520. The van der Waals surface area contributed by atoms with E-state index >= 15 is 0 Å². The first kappa shape index (κ1) is 16.8. The number of halogens is 1. The zero-order chi connectivity index (χ0) is 17.0. The van der Waals surface area contributed by atoms with Crippen molar-refractivity contribution in [2.24, 2.45) is 0 Å². The van der Waals surface area contributed by atoms with Gasteiger partial charge in [-0.3, -0.25) is 14.9 Å². The molecule has 0 heterocycles. The normalized spacial score (nSPS) is 11.6. The maximum Gasteiger partial charge on any atom is 0.314 e. The number of nitro benzene ring substituents is 1. The number of ketones is 1. The van der Waals surface area contributed by atoms with Crippen LogP contribution in [0.1, 0.15) is 17.3 Å². The van der Waals surface area contributed by atoms with Crippen molar-refractivity contribution in [3.8, 4) is 11.5 Å². The highest BCUT2D eigenvalue weighted by molar-refractivity contribution is 6.30. The summed E-state index contributed by atoms with van der Waals surface area (Å²) in [7, 11) is 1.41. The van der Waals surface area contributed by atoms with E-state index in [1.807, 2.05) is 0 Å². The van der Waals surface area contributed by atoms with Crippen molar-refractivity contribution < 1.29 is 19.2 Å². The summed E-state index contributed by atoms with van der Waals surface area (Å²) in [6.45, 7) is 1.53. The maximum absolute atomic E-state index is 12.3. The highest BCUT2D eigenvalue weighted by Crippen LogP contribution is 2.32. The third-order valence-corrected chi connectivity index (χ3v) is 3.42. The minimum atomic E-state index is -0.886. The molecule has 2 aromatic carbocycles. The van der Waals surface area contributed by atoms with Crippen LogP contribution in [0.3, 0.4) is 0 Å². The van der Waals surface area contributed by atoms with Crippen molar-refractivity contribution in [3.63, 3.8) is 0 Å². The van der Waals surface area contributed by atoms with E-state index in [1.54, 1.807) is 24.3 Å². The number of methoxy groups -OCH3 is 1. The molecule has 0 radical (unpaired) electrons. The van der Waals surface area contributed by atoms with Crippen LogP contribution < -0.4 is 9.47 Å². The molecule has 0 N–H and O–H groups in total. The summed E-state index contributed by atoms with van der Waals surface area (Å²) in [6, 6.07) is 10.5. The Balaban J connectivity index is 2.22. The third-order valence-electron chi connectivity index (χ3n) is 3.16. The van der Waals surface area contributed by atoms with Crippen LogP contribution in [0.2, 0.25) is 5.02 Å². The Labute approximate surface area is 137 Å². The number of hydrogen-bond acceptors (Lipinski definition) is 5. The Morgan fingerprint density at radius 1 is 1.22 bits per heavy atom. The fourth-order valence-corrected chi connectivity index (χ4v) is 2.09. The van der Waals surface area contributed by atoms with Gasteiger partial charge in [0.15, 0.2) is 11.9 Å². The van der Waals surface area contributed by atoms with E-state index in [4.69, 9.17) is 21.1 Å². The van der Waals surface area contributed by atoms with Crippen molar-refractivity contribution in [2.75, 3.05) is 7.11 Å². The Morgan fingerprint density at radius 2 is 1.87 bits per heavy atom. The molecule has 0 spiro atoms. The summed E-state index contributed by atoms with van der Waals surface area (Å²) in [5.74, 6) is 0.0399. The van der Waals surface area contributed by atoms with Crippen molar-refractivity contribution in [1.82, 2.24) is 0 Å². The van der Waals surface area contributed by atoms with Gasteiger partial charge in [0.1, 0.15) is 5.75 Å². The molecule has 6 nitrogen and oxygen atoms in total. The summed E-state index contributed by atoms with van der Waals surface area (Å²) in [5, 5.41) is 11.6. The highest BCUT2D eigenvalue weighted by atomic mass is 35.5. The smallest absolute Gasteiger partial charge is 0.314 e. The summed E-state index contributed by atoms with van der Waals surface area (Å²) in [5.41, 5.74) is 0.151. The first-order valence-electron chi connectivity index (χ1n) is 6.71. The fourth-order valence-electron chi connectivity index (χ4n) is 1.96. The summed E-state index contributed by atoms with van der Waals surface area (Å²) >= 11 is 5.78. The van der Waals surface area contributed by atoms with E-state index in [0.717, 1.165) is 0 Å². The molecule has 0 aliphatic rings. The van der Waals surface area contributed by atoms with Crippen LogP contribution in [0.4, 0.5) is 5.69 Å². The molecule has 7 heteroatoms. The van der Waals surface area contributed by atoms with Crippen LogP contribution in [0.5, 0.6) is 11.5 Å². The van der Waals surface area contributed by atoms with Crippen LogP contribution >= 0.6 is 11.6 Å². The molecule has 0 bridgehead atoms. The van der Waals surface area contributed by atoms with Gasteiger partial charge < -0.3 is 9.47 Å².